The molecule has 0 aliphatic heterocycles. The third-order valence-corrected chi connectivity index (χ3v) is 3.60. The van der Waals surface area contributed by atoms with Gasteiger partial charge >= 0.3 is 6.09 Å². The summed E-state index contributed by atoms with van der Waals surface area (Å²) in [4.78, 5) is 15.6. The molecule has 7 heteroatoms. The number of hydrogen-bond donors (Lipinski definition) is 3. The van der Waals surface area contributed by atoms with E-state index >= 15 is 0 Å². The molecule has 0 fully saturated rings. The van der Waals surface area contributed by atoms with Gasteiger partial charge in [-0.3, -0.25) is 0 Å². The Morgan fingerprint density at radius 3 is 2.72 bits per heavy atom. The summed E-state index contributed by atoms with van der Waals surface area (Å²) in [6.45, 7) is 0.350. The fourth-order valence-electron chi connectivity index (χ4n) is 2.20. The Morgan fingerprint density at radius 1 is 1.24 bits per heavy atom. The maximum Gasteiger partial charge on any atom is 0.407 e. The van der Waals surface area contributed by atoms with Gasteiger partial charge in [-0.2, -0.15) is 0 Å². The number of aliphatic hydroxyl groups excluding tert-OH is 2. The molecule has 1 aromatic carbocycles. The molecule has 0 saturated carbocycles. The summed E-state index contributed by atoms with van der Waals surface area (Å²) in [5, 5.41) is 22.7. The highest BCUT2D eigenvalue weighted by molar-refractivity contribution is 5.67. The number of aliphatic hydroxyl groups is 2. The number of pyridine rings is 1. The van der Waals surface area contributed by atoms with Crippen molar-refractivity contribution in [3.63, 3.8) is 0 Å². The van der Waals surface area contributed by atoms with Crippen LogP contribution in [0.2, 0.25) is 0 Å². The zero-order valence-electron chi connectivity index (χ0n) is 14.0. The number of nitrogens with zero attached hydrogens (tertiary/aromatic N) is 1. The second-order valence-corrected chi connectivity index (χ2v) is 5.42. The molecule has 3 N–H and O–H groups in total. The van der Waals surface area contributed by atoms with Crippen molar-refractivity contribution in [1.29, 1.82) is 0 Å². The first-order valence-electron chi connectivity index (χ1n) is 7.90. The van der Waals surface area contributed by atoms with Crippen LogP contribution in [0.3, 0.4) is 0 Å². The van der Waals surface area contributed by atoms with Gasteiger partial charge in [0.05, 0.1) is 13.2 Å². The molecule has 0 aliphatic rings. The van der Waals surface area contributed by atoms with Crippen LogP contribution in [0.15, 0.2) is 48.7 Å². The third kappa shape index (κ3) is 6.06. The summed E-state index contributed by atoms with van der Waals surface area (Å²) in [6.07, 6.45) is -1.05. The smallest absolute Gasteiger partial charge is 0.407 e. The Labute approximate surface area is 146 Å². The molecular formula is C18H22N2O5. The Bertz CT molecular complexity index is 666. The van der Waals surface area contributed by atoms with E-state index in [-0.39, 0.29) is 19.6 Å². The first-order valence-corrected chi connectivity index (χ1v) is 7.90. The first-order chi connectivity index (χ1) is 12.1. The van der Waals surface area contributed by atoms with Crippen LogP contribution in [-0.4, -0.2) is 41.0 Å². The molecule has 2 atom stereocenters. The van der Waals surface area contributed by atoms with Crippen molar-refractivity contribution < 1.29 is 24.5 Å². The van der Waals surface area contributed by atoms with Gasteiger partial charge in [-0.15, -0.1) is 0 Å². The van der Waals surface area contributed by atoms with Gasteiger partial charge in [-0.05, 0) is 23.6 Å². The standard InChI is InChI=1S/C18H22N2O5/c1-24-16-11-14(7-9-19-16)17(22)15(21)8-10-20-18(23)25-12-13-5-3-2-4-6-13/h2-7,9,11,15,17,21-22H,8,10,12H2,1H3,(H,20,23). The number of methoxy groups -OCH3 is 1. The molecule has 1 heterocycles. The number of rotatable bonds is 8. The van der Waals surface area contributed by atoms with Crippen LogP contribution in [0.25, 0.3) is 0 Å². The maximum atomic E-state index is 11.6. The molecule has 7 nitrogen and oxygen atoms in total. The van der Waals surface area contributed by atoms with Gasteiger partial charge in [0.2, 0.25) is 5.88 Å². The number of nitrogens with one attached hydrogen (secondary N) is 1. The second-order valence-electron chi connectivity index (χ2n) is 5.42. The van der Waals surface area contributed by atoms with Crippen LogP contribution >= 0.6 is 0 Å². The topological polar surface area (TPSA) is 101 Å². The fraction of sp³-hybridized carbons (Fsp3) is 0.333. The minimum absolute atomic E-state index is 0.173. The molecule has 0 aliphatic carbocycles. The van der Waals surface area contributed by atoms with Crippen molar-refractivity contribution in [3.05, 3.63) is 59.8 Å². The van der Waals surface area contributed by atoms with Gasteiger partial charge in [0, 0.05) is 18.8 Å². The molecule has 0 bridgehead atoms. The number of ether oxygens (including phenoxy) is 2. The molecule has 2 rings (SSSR count). The molecular weight excluding hydrogens is 324 g/mol. The summed E-state index contributed by atoms with van der Waals surface area (Å²) in [6, 6.07) is 12.5. The summed E-state index contributed by atoms with van der Waals surface area (Å²) >= 11 is 0. The van der Waals surface area contributed by atoms with Crippen molar-refractivity contribution in [2.45, 2.75) is 25.2 Å². The molecule has 0 spiro atoms. The lowest BCUT2D eigenvalue weighted by Gasteiger charge is -2.18. The van der Waals surface area contributed by atoms with E-state index in [1.807, 2.05) is 30.3 Å². The predicted molar refractivity (Wildman–Crippen MR) is 91.0 cm³/mol. The van der Waals surface area contributed by atoms with Crippen LogP contribution < -0.4 is 10.1 Å². The van der Waals surface area contributed by atoms with Gasteiger partial charge in [0.1, 0.15) is 12.7 Å². The van der Waals surface area contributed by atoms with Gasteiger partial charge in [0.15, 0.2) is 0 Å². The largest absolute Gasteiger partial charge is 0.481 e. The van der Waals surface area contributed by atoms with Crippen LogP contribution in [0.5, 0.6) is 5.88 Å². The van der Waals surface area contributed by atoms with E-state index in [1.165, 1.54) is 13.3 Å². The lowest BCUT2D eigenvalue weighted by atomic mass is 10.0. The van der Waals surface area contributed by atoms with E-state index in [2.05, 4.69) is 10.3 Å². The van der Waals surface area contributed by atoms with Gasteiger partial charge < -0.3 is 25.0 Å². The fourth-order valence-corrected chi connectivity index (χ4v) is 2.20. The number of carbonyl (C=O) groups excluding carboxylic acids is 1. The lowest BCUT2D eigenvalue weighted by molar-refractivity contribution is 0.0135. The zero-order chi connectivity index (χ0) is 18.1. The van der Waals surface area contributed by atoms with Crippen LogP contribution in [0.1, 0.15) is 23.7 Å². The van der Waals surface area contributed by atoms with Crippen molar-refractivity contribution >= 4 is 6.09 Å². The van der Waals surface area contributed by atoms with E-state index in [9.17, 15) is 15.0 Å². The summed E-state index contributed by atoms with van der Waals surface area (Å²) in [5.74, 6) is 0.353. The molecule has 2 aromatic rings. The Morgan fingerprint density at radius 2 is 2.00 bits per heavy atom. The monoisotopic (exact) mass is 346 g/mol. The second kappa shape index (κ2) is 9.61. The van der Waals surface area contributed by atoms with Crippen LogP contribution in [-0.2, 0) is 11.3 Å². The highest BCUT2D eigenvalue weighted by atomic mass is 16.5. The highest BCUT2D eigenvalue weighted by Crippen LogP contribution is 2.21. The molecule has 0 saturated heterocycles. The van der Waals surface area contributed by atoms with E-state index in [0.29, 0.717) is 11.4 Å². The number of benzene rings is 1. The first kappa shape index (κ1) is 18.7. The average Bonchev–Trinajstić information content (AvgIpc) is 2.66. The summed E-state index contributed by atoms with van der Waals surface area (Å²) in [7, 11) is 1.47. The molecule has 1 aromatic heterocycles. The molecule has 25 heavy (non-hydrogen) atoms. The highest BCUT2D eigenvalue weighted by Gasteiger charge is 2.19. The number of alkyl carbamates (subject to hydrolysis) is 1. The summed E-state index contributed by atoms with van der Waals surface area (Å²) < 4.78 is 10.0. The quantitative estimate of drug-likeness (QED) is 0.674. The third-order valence-electron chi connectivity index (χ3n) is 3.60. The van der Waals surface area contributed by atoms with Gasteiger partial charge in [-0.25, -0.2) is 9.78 Å². The van der Waals surface area contributed by atoms with E-state index in [1.54, 1.807) is 12.1 Å². The maximum absolute atomic E-state index is 11.6. The zero-order valence-corrected chi connectivity index (χ0v) is 14.0. The Kier molecular flexibility index (Phi) is 7.18. The normalized spacial score (nSPS) is 12.9. The Hall–Kier alpha value is -2.64. The predicted octanol–water partition coefficient (Wildman–Crippen LogP) is 1.80. The van der Waals surface area contributed by atoms with Gasteiger partial charge in [0.25, 0.3) is 0 Å². The van der Waals surface area contributed by atoms with Crippen molar-refractivity contribution in [2.24, 2.45) is 0 Å². The molecule has 2 unspecified atom stereocenters. The number of carbonyl (C=O) groups is 1. The van der Waals surface area contributed by atoms with Crippen molar-refractivity contribution in [1.82, 2.24) is 10.3 Å². The van der Waals surface area contributed by atoms with Crippen molar-refractivity contribution in [3.8, 4) is 5.88 Å². The number of aromatic nitrogens is 1. The minimum atomic E-state index is -1.10. The average molecular weight is 346 g/mol. The van der Waals surface area contributed by atoms with Crippen LogP contribution in [0, 0.1) is 0 Å². The lowest BCUT2D eigenvalue weighted by Crippen LogP contribution is -2.29. The van der Waals surface area contributed by atoms with Gasteiger partial charge in [-0.1, -0.05) is 30.3 Å². The number of amides is 1. The molecule has 0 radical (unpaired) electrons. The summed E-state index contributed by atoms with van der Waals surface area (Å²) in [5.41, 5.74) is 1.38. The van der Waals surface area contributed by atoms with E-state index < -0.39 is 18.3 Å². The molecule has 134 valence electrons. The van der Waals surface area contributed by atoms with E-state index in [4.69, 9.17) is 9.47 Å². The minimum Gasteiger partial charge on any atom is -0.481 e. The SMILES string of the molecule is COc1cc(C(O)C(O)CCNC(=O)OCc2ccccc2)ccn1. The van der Waals surface area contributed by atoms with Crippen LogP contribution in [0.4, 0.5) is 4.79 Å². The molecule has 1 amide bonds. The number of hydrogen-bond acceptors (Lipinski definition) is 6. The van der Waals surface area contributed by atoms with E-state index in [0.717, 1.165) is 5.56 Å². The van der Waals surface area contributed by atoms with Crippen molar-refractivity contribution in [2.75, 3.05) is 13.7 Å². The Balaban J connectivity index is 1.71.